The Bertz CT molecular complexity index is 628. The fourth-order valence-electron chi connectivity index (χ4n) is 2.07. The first kappa shape index (κ1) is 13.2. The van der Waals surface area contributed by atoms with Crippen LogP contribution in [0.2, 0.25) is 5.15 Å². The normalized spacial score (nSPS) is 14.2. The summed E-state index contributed by atoms with van der Waals surface area (Å²) in [7, 11) is 3.62. The third-order valence-electron chi connectivity index (χ3n) is 3.43. The van der Waals surface area contributed by atoms with E-state index in [4.69, 9.17) is 16.3 Å². The van der Waals surface area contributed by atoms with Crippen molar-refractivity contribution in [3.8, 4) is 5.75 Å². The lowest BCUT2D eigenvalue weighted by Crippen LogP contribution is -2.12. The highest BCUT2D eigenvalue weighted by Gasteiger charge is 2.27. The number of ether oxygens (including phenoxy) is 1. The number of nitrogens with zero attached hydrogens (tertiary/aromatic N) is 3. The van der Waals surface area contributed by atoms with E-state index in [1.807, 2.05) is 36.2 Å². The van der Waals surface area contributed by atoms with Gasteiger partial charge in [-0.1, -0.05) is 17.7 Å². The Morgan fingerprint density at radius 2 is 2.05 bits per heavy atom. The number of benzene rings is 1. The Hall–Kier alpha value is -1.81. The first-order chi connectivity index (χ1) is 9.67. The number of halogens is 1. The molecule has 3 rings (SSSR count). The molecule has 0 unspecified atom stereocenters. The summed E-state index contributed by atoms with van der Waals surface area (Å²) < 4.78 is 5.25. The molecule has 0 bridgehead atoms. The van der Waals surface area contributed by atoms with Crippen LogP contribution in [0.5, 0.6) is 5.75 Å². The van der Waals surface area contributed by atoms with E-state index in [-0.39, 0.29) is 0 Å². The van der Waals surface area contributed by atoms with Gasteiger partial charge in [0, 0.05) is 30.8 Å². The maximum absolute atomic E-state index is 6.11. The number of rotatable bonds is 4. The number of hydrogen-bond acceptors (Lipinski definition) is 4. The van der Waals surface area contributed by atoms with Gasteiger partial charge in [-0.15, -0.1) is 0 Å². The summed E-state index contributed by atoms with van der Waals surface area (Å²) >= 11 is 6.11. The van der Waals surface area contributed by atoms with Crippen LogP contribution in [-0.2, 0) is 0 Å². The molecule has 1 fully saturated rings. The van der Waals surface area contributed by atoms with E-state index in [1.165, 1.54) is 0 Å². The topological polar surface area (TPSA) is 38.2 Å². The summed E-state index contributed by atoms with van der Waals surface area (Å²) in [5.41, 5.74) is 1.00. The van der Waals surface area contributed by atoms with Gasteiger partial charge in [-0.05, 0) is 25.0 Å². The molecule has 104 valence electrons. The van der Waals surface area contributed by atoms with Crippen LogP contribution in [0.15, 0.2) is 30.3 Å². The van der Waals surface area contributed by atoms with E-state index in [1.54, 1.807) is 13.2 Å². The smallest absolute Gasteiger partial charge is 0.137 e. The highest BCUT2D eigenvalue weighted by molar-refractivity contribution is 6.29. The van der Waals surface area contributed by atoms with Crippen LogP contribution in [-0.4, -0.2) is 24.1 Å². The molecule has 1 heterocycles. The van der Waals surface area contributed by atoms with Gasteiger partial charge in [-0.2, -0.15) is 0 Å². The SMILES string of the molecule is COc1cccc(N(C)c2cc(Cl)nc(C3CC3)n2)c1. The Kier molecular flexibility index (Phi) is 3.49. The van der Waals surface area contributed by atoms with E-state index in [9.17, 15) is 0 Å². The summed E-state index contributed by atoms with van der Waals surface area (Å²) in [4.78, 5) is 10.9. The summed E-state index contributed by atoms with van der Waals surface area (Å²) in [6.45, 7) is 0. The lowest BCUT2D eigenvalue weighted by molar-refractivity contribution is 0.415. The average Bonchev–Trinajstić information content (AvgIpc) is 3.30. The van der Waals surface area contributed by atoms with Crippen molar-refractivity contribution in [3.63, 3.8) is 0 Å². The molecular weight excluding hydrogens is 274 g/mol. The zero-order chi connectivity index (χ0) is 14.1. The van der Waals surface area contributed by atoms with Crippen LogP contribution < -0.4 is 9.64 Å². The van der Waals surface area contributed by atoms with Crippen molar-refractivity contribution in [3.05, 3.63) is 41.3 Å². The van der Waals surface area contributed by atoms with Gasteiger partial charge in [0.25, 0.3) is 0 Å². The minimum absolute atomic E-state index is 0.478. The molecule has 1 aromatic carbocycles. The van der Waals surface area contributed by atoms with Gasteiger partial charge in [0.1, 0.15) is 22.5 Å². The van der Waals surface area contributed by atoms with Gasteiger partial charge in [0.15, 0.2) is 0 Å². The highest BCUT2D eigenvalue weighted by atomic mass is 35.5. The Morgan fingerprint density at radius 3 is 2.75 bits per heavy atom. The third-order valence-corrected chi connectivity index (χ3v) is 3.62. The Balaban J connectivity index is 1.94. The van der Waals surface area contributed by atoms with Crippen LogP contribution >= 0.6 is 11.6 Å². The van der Waals surface area contributed by atoms with Crippen LogP contribution in [0.25, 0.3) is 0 Å². The molecular formula is C15H16ClN3O. The molecule has 1 aliphatic rings. The van der Waals surface area contributed by atoms with Crippen molar-refractivity contribution in [2.45, 2.75) is 18.8 Å². The maximum Gasteiger partial charge on any atom is 0.137 e. The molecule has 0 radical (unpaired) electrons. The lowest BCUT2D eigenvalue weighted by Gasteiger charge is -2.19. The van der Waals surface area contributed by atoms with Gasteiger partial charge in [0.2, 0.25) is 0 Å². The van der Waals surface area contributed by atoms with Gasteiger partial charge in [0.05, 0.1) is 7.11 Å². The zero-order valence-electron chi connectivity index (χ0n) is 11.5. The van der Waals surface area contributed by atoms with Gasteiger partial charge < -0.3 is 9.64 Å². The van der Waals surface area contributed by atoms with E-state index in [0.717, 1.165) is 35.9 Å². The minimum Gasteiger partial charge on any atom is -0.497 e. The quantitative estimate of drug-likeness (QED) is 0.803. The molecule has 0 aliphatic heterocycles. The molecule has 1 aliphatic carbocycles. The van der Waals surface area contributed by atoms with Crippen LogP contribution in [0, 0.1) is 0 Å². The second-order valence-corrected chi connectivity index (χ2v) is 5.33. The first-order valence-electron chi connectivity index (χ1n) is 6.59. The monoisotopic (exact) mass is 289 g/mol. The number of hydrogen-bond donors (Lipinski definition) is 0. The predicted molar refractivity (Wildman–Crippen MR) is 80.1 cm³/mol. The Labute approximate surface area is 123 Å². The molecule has 1 saturated carbocycles. The molecule has 0 atom stereocenters. The Morgan fingerprint density at radius 1 is 1.25 bits per heavy atom. The van der Waals surface area contributed by atoms with Crippen LogP contribution in [0.4, 0.5) is 11.5 Å². The molecule has 0 saturated heterocycles. The van der Waals surface area contributed by atoms with E-state index < -0.39 is 0 Å². The standard InChI is InChI=1S/C15H16ClN3O/c1-19(11-4-3-5-12(8-11)20-2)14-9-13(16)17-15(18-14)10-6-7-10/h3-5,8-10H,6-7H2,1-2H3. The van der Waals surface area contributed by atoms with E-state index in [0.29, 0.717) is 11.1 Å². The van der Waals surface area contributed by atoms with Crippen molar-refractivity contribution in [1.82, 2.24) is 9.97 Å². The van der Waals surface area contributed by atoms with Gasteiger partial charge in [-0.25, -0.2) is 9.97 Å². The molecule has 0 spiro atoms. The maximum atomic E-state index is 6.11. The van der Waals surface area contributed by atoms with Crippen molar-refractivity contribution in [2.75, 3.05) is 19.1 Å². The zero-order valence-corrected chi connectivity index (χ0v) is 12.3. The fourth-order valence-corrected chi connectivity index (χ4v) is 2.25. The van der Waals surface area contributed by atoms with Crippen molar-refractivity contribution < 1.29 is 4.74 Å². The van der Waals surface area contributed by atoms with Crippen molar-refractivity contribution >= 4 is 23.1 Å². The van der Waals surface area contributed by atoms with Crippen LogP contribution in [0.1, 0.15) is 24.6 Å². The van der Waals surface area contributed by atoms with E-state index >= 15 is 0 Å². The second kappa shape index (κ2) is 5.29. The highest BCUT2D eigenvalue weighted by Crippen LogP contribution is 2.39. The van der Waals surface area contributed by atoms with Gasteiger partial charge >= 0.3 is 0 Å². The van der Waals surface area contributed by atoms with Crippen molar-refractivity contribution in [2.24, 2.45) is 0 Å². The molecule has 4 nitrogen and oxygen atoms in total. The number of methoxy groups -OCH3 is 1. The summed E-state index contributed by atoms with van der Waals surface area (Å²) in [6, 6.07) is 9.63. The summed E-state index contributed by atoms with van der Waals surface area (Å²) in [5, 5.41) is 0.492. The van der Waals surface area contributed by atoms with Gasteiger partial charge in [-0.3, -0.25) is 0 Å². The summed E-state index contributed by atoms with van der Waals surface area (Å²) in [6.07, 6.45) is 2.31. The first-order valence-corrected chi connectivity index (χ1v) is 6.97. The minimum atomic E-state index is 0.478. The molecule has 5 heteroatoms. The number of anilines is 2. The third kappa shape index (κ3) is 2.70. The molecule has 1 aromatic heterocycles. The fraction of sp³-hybridized carbons (Fsp3) is 0.333. The largest absolute Gasteiger partial charge is 0.497 e. The van der Waals surface area contributed by atoms with Crippen LogP contribution in [0.3, 0.4) is 0 Å². The van der Waals surface area contributed by atoms with E-state index in [2.05, 4.69) is 9.97 Å². The lowest BCUT2D eigenvalue weighted by atomic mass is 10.2. The molecule has 2 aromatic rings. The molecule has 20 heavy (non-hydrogen) atoms. The predicted octanol–water partition coefficient (Wildman–Crippen LogP) is 3.78. The summed E-state index contributed by atoms with van der Waals surface area (Å²) in [5.74, 6) is 2.95. The second-order valence-electron chi connectivity index (χ2n) is 4.94. The molecule has 0 N–H and O–H groups in total. The average molecular weight is 290 g/mol. The molecule has 0 amide bonds. The number of aromatic nitrogens is 2. The van der Waals surface area contributed by atoms with Crippen molar-refractivity contribution in [1.29, 1.82) is 0 Å².